The van der Waals surface area contributed by atoms with Crippen LogP contribution in [0, 0.1) is 5.82 Å². The van der Waals surface area contributed by atoms with Crippen molar-refractivity contribution in [3.05, 3.63) is 59.4 Å². The average molecular weight is 289 g/mol. The van der Waals surface area contributed by atoms with E-state index >= 15 is 0 Å². The van der Waals surface area contributed by atoms with Crippen molar-refractivity contribution in [2.75, 3.05) is 6.54 Å². The summed E-state index contributed by atoms with van der Waals surface area (Å²) in [6.07, 6.45) is 0.740. The van der Waals surface area contributed by atoms with E-state index in [1.54, 1.807) is 18.2 Å². The molecule has 0 saturated carbocycles. The number of benzene rings is 2. The second-order valence-corrected chi connectivity index (χ2v) is 4.73. The number of rotatable bonds is 5. The Kier molecular flexibility index (Phi) is 4.77. The number of halogens is 1. The zero-order valence-corrected chi connectivity index (χ0v) is 11.3. The van der Waals surface area contributed by atoms with Crippen molar-refractivity contribution < 1.29 is 19.4 Å². The Morgan fingerprint density at radius 1 is 1.00 bits per heavy atom. The molecule has 3 N–H and O–H groups in total. The summed E-state index contributed by atoms with van der Waals surface area (Å²) in [5.74, 6) is -0.917. The fraction of sp³-hybridized carbons (Fsp3) is 0.188. The van der Waals surface area contributed by atoms with Gasteiger partial charge in [0, 0.05) is 6.54 Å². The highest BCUT2D eigenvalue weighted by Crippen LogP contribution is 2.24. The van der Waals surface area contributed by atoms with Crippen LogP contribution in [0.15, 0.2) is 42.5 Å². The van der Waals surface area contributed by atoms with E-state index in [-0.39, 0.29) is 29.6 Å². The van der Waals surface area contributed by atoms with E-state index < -0.39 is 0 Å². The Labute approximate surface area is 121 Å². The molecule has 0 aliphatic heterocycles. The number of carbonyl (C=O) groups is 1. The number of phenols is 2. The highest BCUT2D eigenvalue weighted by atomic mass is 19.1. The average Bonchev–Trinajstić information content (AvgIpc) is 2.45. The molecule has 0 bridgehead atoms. The molecule has 1 amide bonds. The van der Waals surface area contributed by atoms with Crippen LogP contribution in [0.5, 0.6) is 11.5 Å². The van der Waals surface area contributed by atoms with Crippen molar-refractivity contribution in [3.8, 4) is 11.5 Å². The van der Waals surface area contributed by atoms with Gasteiger partial charge in [0.1, 0.15) is 5.82 Å². The van der Waals surface area contributed by atoms with Gasteiger partial charge in [-0.2, -0.15) is 0 Å². The monoisotopic (exact) mass is 289 g/mol. The molecule has 0 aliphatic carbocycles. The van der Waals surface area contributed by atoms with E-state index in [1.807, 2.05) is 0 Å². The first-order chi connectivity index (χ1) is 10.0. The van der Waals surface area contributed by atoms with Crippen LogP contribution in [0.25, 0.3) is 0 Å². The van der Waals surface area contributed by atoms with E-state index in [4.69, 9.17) is 0 Å². The van der Waals surface area contributed by atoms with E-state index in [0.717, 1.165) is 5.56 Å². The lowest BCUT2D eigenvalue weighted by molar-refractivity contribution is -0.120. The lowest BCUT2D eigenvalue weighted by Crippen LogP contribution is -2.27. The normalized spacial score (nSPS) is 10.3. The molecule has 0 aromatic heterocycles. The summed E-state index contributed by atoms with van der Waals surface area (Å²) >= 11 is 0. The minimum atomic E-state index is -0.282. The molecular formula is C16H16FNO3. The Morgan fingerprint density at radius 2 is 1.67 bits per heavy atom. The van der Waals surface area contributed by atoms with Gasteiger partial charge in [-0.25, -0.2) is 4.39 Å². The molecule has 110 valence electrons. The van der Waals surface area contributed by atoms with Crippen molar-refractivity contribution in [3.63, 3.8) is 0 Å². The van der Waals surface area contributed by atoms with Crippen LogP contribution >= 0.6 is 0 Å². The Hall–Kier alpha value is -2.56. The Morgan fingerprint density at radius 3 is 2.33 bits per heavy atom. The number of hydrogen-bond donors (Lipinski definition) is 3. The predicted molar refractivity (Wildman–Crippen MR) is 76.6 cm³/mol. The standard InChI is InChI=1S/C16H16FNO3/c17-13-4-1-11(2-5-13)7-8-18-16(21)10-12-3-6-14(19)15(20)9-12/h1-6,9,19-20H,7-8,10H2,(H,18,21). The van der Waals surface area contributed by atoms with Crippen LogP contribution in [0.4, 0.5) is 4.39 Å². The molecule has 0 heterocycles. The highest BCUT2D eigenvalue weighted by molar-refractivity contribution is 5.78. The molecule has 21 heavy (non-hydrogen) atoms. The molecule has 0 saturated heterocycles. The molecule has 4 nitrogen and oxygen atoms in total. The van der Waals surface area contributed by atoms with Crippen LogP contribution in [0.1, 0.15) is 11.1 Å². The van der Waals surface area contributed by atoms with Crippen molar-refractivity contribution in [1.29, 1.82) is 0 Å². The van der Waals surface area contributed by atoms with E-state index in [2.05, 4.69) is 5.32 Å². The van der Waals surface area contributed by atoms with Crippen LogP contribution in [-0.4, -0.2) is 22.7 Å². The van der Waals surface area contributed by atoms with Gasteiger partial charge in [0.2, 0.25) is 5.91 Å². The van der Waals surface area contributed by atoms with Crippen molar-refractivity contribution in [2.45, 2.75) is 12.8 Å². The Bertz CT molecular complexity index is 626. The highest BCUT2D eigenvalue weighted by Gasteiger charge is 2.06. The molecule has 2 aromatic rings. The quantitative estimate of drug-likeness (QED) is 0.739. The summed E-state index contributed by atoms with van der Waals surface area (Å²) in [7, 11) is 0. The second kappa shape index (κ2) is 6.74. The van der Waals surface area contributed by atoms with E-state index in [0.29, 0.717) is 18.5 Å². The summed E-state index contributed by atoms with van der Waals surface area (Å²) in [6.45, 7) is 0.453. The van der Waals surface area contributed by atoms with Crippen LogP contribution in [-0.2, 0) is 17.6 Å². The predicted octanol–water partition coefficient (Wildman–Crippen LogP) is 2.14. The van der Waals surface area contributed by atoms with Gasteiger partial charge in [-0.15, -0.1) is 0 Å². The molecule has 0 fully saturated rings. The molecule has 0 aliphatic rings. The lowest BCUT2D eigenvalue weighted by Gasteiger charge is -2.06. The maximum atomic E-state index is 12.7. The number of nitrogens with one attached hydrogen (secondary N) is 1. The van der Waals surface area contributed by atoms with Crippen LogP contribution in [0.3, 0.4) is 0 Å². The molecule has 2 rings (SSSR count). The summed E-state index contributed by atoms with van der Waals surface area (Å²) in [6, 6.07) is 10.4. The van der Waals surface area contributed by atoms with Crippen LogP contribution < -0.4 is 5.32 Å². The maximum Gasteiger partial charge on any atom is 0.224 e. The molecule has 2 aromatic carbocycles. The first-order valence-electron chi connectivity index (χ1n) is 6.56. The van der Waals surface area contributed by atoms with Gasteiger partial charge in [0.25, 0.3) is 0 Å². The summed E-state index contributed by atoms with van der Waals surface area (Å²) < 4.78 is 12.7. The maximum absolute atomic E-state index is 12.7. The van der Waals surface area contributed by atoms with Gasteiger partial charge < -0.3 is 15.5 Å². The molecular weight excluding hydrogens is 273 g/mol. The van der Waals surface area contributed by atoms with E-state index in [9.17, 15) is 19.4 Å². The first kappa shape index (κ1) is 14.8. The molecule has 0 unspecified atom stereocenters. The number of phenolic OH excluding ortho intramolecular Hbond substituents is 2. The number of amides is 1. The van der Waals surface area contributed by atoms with Gasteiger partial charge in [0.05, 0.1) is 6.42 Å². The minimum absolute atomic E-state index is 0.122. The number of aromatic hydroxyl groups is 2. The number of hydrogen-bond acceptors (Lipinski definition) is 3. The minimum Gasteiger partial charge on any atom is -0.504 e. The van der Waals surface area contributed by atoms with Crippen LogP contribution in [0.2, 0.25) is 0 Å². The Balaban J connectivity index is 1.79. The topological polar surface area (TPSA) is 69.6 Å². The molecule has 0 radical (unpaired) electrons. The smallest absolute Gasteiger partial charge is 0.224 e. The number of carbonyl (C=O) groups excluding carboxylic acids is 1. The third kappa shape index (κ3) is 4.49. The first-order valence-corrected chi connectivity index (χ1v) is 6.56. The SMILES string of the molecule is O=C(Cc1ccc(O)c(O)c1)NCCc1ccc(F)cc1. The second-order valence-electron chi connectivity index (χ2n) is 4.73. The van der Waals surface area contributed by atoms with Gasteiger partial charge in [-0.05, 0) is 41.8 Å². The zero-order valence-electron chi connectivity index (χ0n) is 11.3. The third-order valence-electron chi connectivity index (χ3n) is 3.05. The fourth-order valence-corrected chi connectivity index (χ4v) is 1.92. The summed E-state index contributed by atoms with van der Waals surface area (Å²) in [4.78, 5) is 11.7. The van der Waals surface area contributed by atoms with Gasteiger partial charge in [-0.3, -0.25) is 4.79 Å². The van der Waals surface area contributed by atoms with Crippen molar-refractivity contribution in [1.82, 2.24) is 5.32 Å². The fourth-order valence-electron chi connectivity index (χ4n) is 1.92. The van der Waals surface area contributed by atoms with Gasteiger partial charge >= 0.3 is 0 Å². The molecule has 0 atom stereocenters. The molecule has 0 spiro atoms. The van der Waals surface area contributed by atoms with Gasteiger partial charge in [-0.1, -0.05) is 18.2 Å². The summed E-state index contributed by atoms with van der Waals surface area (Å²) in [5, 5.41) is 21.3. The zero-order chi connectivity index (χ0) is 15.2. The van der Waals surface area contributed by atoms with E-state index in [1.165, 1.54) is 24.3 Å². The summed E-state index contributed by atoms with van der Waals surface area (Å²) in [5.41, 5.74) is 1.56. The lowest BCUT2D eigenvalue weighted by atomic mass is 10.1. The van der Waals surface area contributed by atoms with Crippen molar-refractivity contribution >= 4 is 5.91 Å². The van der Waals surface area contributed by atoms with Crippen molar-refractivity contribution in [2.24, 2.45) is 0 Å². The van der Waals surface area contributed by atoms with Gasteiger partial charge in [0.15, 0.2) is 11.5 Å². The largest absolute Gasteiger partial charge is 0.504 e. The molecule has 5 heteroatoms. The third-order valence-corrected chi connectivity index (χ3v) is 3.05.